The molecule has 5 heteroatoms. The van der Waals surface area contributed by atoms with Crippen LogP contribution in [0.2, 0.25) is 0 Å². The Morgan fingerprint density at radius 2 is 1.78 bits per heavy atom. The maximum Gasteiger partial charge on any atom is 0.141 e. The Hall–Kier alpha value is -1.20. The van der Waals surface area contributed by atoms with Gasteiger partial charge in [0.1, 0.15) is 17.0 Å². The summed E-state index contributed by atoms with van der Waals surface area (Å²) in [5.41, 5.74) is 0. The van der Waals surface area contributed by atoms with Crippen molar-refractivity contribution < 1.29 is 0 Å². The van der Waals surface area contributed by atoms with Crippen molar-refractivity contribution >= 4 is 27.4 Å². The van der Waals surface area contributed by atoms with Gasteiger partial charge in [0, 0.05) is 23.5 Å². The highest BCUT2D eigenvalue weighted by atomic mass is 32.1. The van der Waals surface area contributed by atoms with E-state index in [2.05, 4.69) is 53.8 Å². The molecule has 0 aromatic carbocycles. The molecule has 3 rings (SSSR count). The summed E-state index contributed by atoms with van der Waals surface area (Å²) < 4.78 is 0. The number of thiophene rings is 1. The molecule has 2 aromatic rings. The van der Waals surface area contributed by atoms with Crippen LogP contribution < -0.4 is 4.90 Å². The van der Waals surface area contributed by atoms with Crippen LogP contribution in [0.25, 0.3) is 10.2 Å². The molecule has 1 fully saturated rings. The number of hydrogen-bond donors (Lipinski definition) is 0. The lowest BCUT2D eigenvalue weighted by Gasteiger charge is -2.39. The number of aromatic nitrogens is 2. The van der Waals surface area contributed by atoms with Crippen molar-refractivity contribution in [1.82, 2.24) is 14.9 Å². The molecule has 0 bridgehead atoms. The third-order valence-electron chi connectivity index (χ3n) is 5.16. The van der Waals surface area contributed by atoms with Gasteiger partial charge >= 0.3 is 0 Å². The van der Waals surface area contributed by atoms with Crippen LogP contribution in [-0.4, -0.2) is 47.6 Å². The van der Waals surface area contributed by atoms with E-state index in [0.717, 1.165) is 29.7 Å². The molecule has 0 atom stereocenters. The quantitative estimate of drug-likeness (QED) is 0.830. The van der Waals surface area contributed by atoms with Gasteiger partial charge in [-0.15, -0.1) is 11.3 Å². The van der Waals surface area contributed by atoms with E-state index >= 15 is 0 Å². The van der Waals surface area contributed by atoms with Crippen LogP contribution in [0.4, 0.5) is 5.82 Å². The summed E-state index contributed by atoms with van der Waals surface area (Å²) >= 11 is 1.81. The molecule has 1 aliphatic carbocycles. The van der Waals surface area contributed by atoms with Crippen molar-refractivity contribution in [3.63, 3.8) is 0 Å². The Balaban J connectivity index is 1.85. The van der Waals surface area contributed by atoms with Crippen LogP contribution in [0.5, 0.6) is 0 Å². The van der Waals surface area contributed by atoms with E-state index in [0.29, 0.717) is 6.04 Å². The molecule has 126 valence electrons. The first-order valence-electron chi connectivity index (χ1n) is 8.80. The molecule has 2 aromatic heterocycles. The smallest absolute Gasteiger partial charge is 0.141 e. The van der Waals surface area contributed by atoms with E-state index in [9.17, 15) is 0 Å². The normalized spacial score (nSPS) is 22.0. The maximum absolute atomic E-state index is 4.67. The molecule has 2 heterocycles. The van der Waals surface area contributed by atoms with E-state index in [-0.39, 0.29) is 0 Å². The monoisotopic (exact) mass is 332 g/mol. The van der Waals surface area contributed by atoms with Crippen LogP contribution in [0.3, 0.4) is 0 Å². The lowest BCUT2D eigenvalue weighted by atomic mass is 9.89. The first-order valence-corrected chi connectivity index (χ1v) is 9.62. The van der Waals surface area contributed by atoms with Gasteiger partial charge in [-0.3, -0.25) is 0 Å². The molecule has 23 heavy (non-hydrogen) atoms. The average Bonchev–Trinajstić information content (AvgIpc) is 3.00. The number of aryl methyl sites for hydroxylation is 1. The predicted octanol–water partition coefficient (Wildman–Crippen LogP) is 3.95. The number of rotatable bonds is 5. The summed E-state index contributed by atoms with van der Waals surface area (Å²) in [7, 11) is 4.41. The standard InChI is InChI=1S/C18H28N4S/c1-5-15-11-16-17(19-12-20-18(16)23-15)22(6-2)14-9-7-13(8-10-14)21(3)4/h11-14H,5-10H2,1-4H3/t13-,14-. The zero-order valence-corrected chi connectivity index (χ0v) is 15.6. The lowest BCUT2D eigenvalue weighted by Crippen LogP contribution is -2.42. The van der Waals surface area contributed by atoms with E-state index in [1.165, 1.54) is 35.9 Å². The topological polar surface area (TPSA) is 32.3 Å². The van der Waals surface area contributed by atoms with Gasteiger partial charge in [-0.2, -0.15) is 0 Å². The predicted molar refractivity (Wildman–Crippen MR) is 99.5 cm³/mol. The van der Waals surface area contributed by atoms with Gasteiger partial charge in [-0.1, -0.05) is 6.92 Å². The average molecular weight is 333 g/mol. The Labute approximate surface area is 143 Å². The van der Waals surface area contributed by atoms with Gasteiger partial charge in [0.05, 0.1) is 5.39 Å². The third kappa shape index (κ3) is 3.36. The second kappa shape index (κ2) is 7.14. The van der Waals surface area contributed by atoms with E-state index in [1.807, 2.05) is 0 Å². The zero-order chi connectivity index (χ0) is 16.4. The van der Waals surface area contributed by atoms with Gasteiger partial charge in [0.15, 0.2) is 0 Å². The van der Waals surface area contributed by atoms with E-state index in [1.54, 1.807) is 17.7 Å². The number of fused-ring (bicyclic) bond motifs is 1. The van der Waals surface area contributed by atoms with Crippen LogP contribution in [0.15, 0.2) is 12.4 Å². The van der Waals surface area contributed by atoms with Crippen molar-refractivity contribution in [1.29, 1.82) is 0 Å². The van der Waals surface area contributed by atoms with Gasteiger partial charge in [-0.25, -0.2) is 9.97 Å². The van der Waals surface area contributed by atoms with Crippen molar-refractivity contribution in [2.75, 3.05) is 25.5 Å². The summed E-state index contributed by atoms with van der Waals surface area (Å²) in [6.45, 7) is 5.47. The summed E-state index contributed by atoms with van der Waals surface area (Å²) in [5, 5.41) is 1.24. The number of anilines is 1. The molecule has 0 amide bonds. The van der Waals surface area contributed by atoms with Gasteiger partial charge in [0.25, 0.3) is 0 Å². The summed E-state index contributed by atoms with van der Waals surface area (Å²) in [4.78, 5) is 16.6. The van der Waals surface area contributed by atoms with Crippen LogP contribution in [-0.2, 0) is 6.42 Å². The SMILES string of the molecule is CCc1cc2c(N(CC)[C@H]3CC[C@H](N(C)C)CC3)ncnc2s1. The maximum atomic E-state index is 4.67. The number of nitrogens with zero attached hydrogens (tertiary/aromatic N) is 4. The lowest BCUT2D eigenvalue weighted by molar-refractivity contribution is 0.214. The Morgan fingerprint density at radius 1 is 1.09 bits per heavy atom. The second-order valence-electron chi connectivity index (χ2n) is 6.69. The van der Waals surface area contributed by atoms with Gasteiger partial charge in [-0.05, 0) is 59.2 Å². The molecule has 0 N–H and O–H groups in total. The highest BCUT2D eigenvalue weighted by Gasteiger charge is 2.28. The minimum absolute atomic E-state index is 0.610. The second-order valence-corrected chi connectivity index (χ2v) is 7.81. The molecule has 0 unspecified atom stereocenters. The summed E-state index contributed by atoms with van der Waals surface area (Å²) in [6.07, 6.45) is 7.89. The molecule has 0 spiro atoms. The fourth-order valence-corrected chi connectivity index (χ4v) is 4.69. The third-order valence-corrected chi connectivity index (χ3v) is 6.35. The first-order chi connectivity index (χ1) is 11.1. The van der Waals surface area contributed by atoms with Gasteiger partial charge in [0.2, 0.25) is 0 Å². The highest BCUT2D eigenvalue weighted by molar-refractivity contribution is 7.18. The van der Waals surface area contributed by atoms with Crippen LogP contribution in [0, 0.1) is 0 Å². The molecule has 0 aliphatic heterocycles. The Morgan fingerprint density at radius 3 is 2.39 bits per heavy atom. The zero-order valence-electron chi connectivity index (χ0n) is 14.7. The molecular weight excluding hydrogens is 304 g/mol. The largest absolute Gasteiger partial charge is 0.353 e. The van der Waals surface area contributed by atoms with Gasteiger partial charge < -0.3 is 9.80 Å². The van der Waals surface area contributed by atoms with Crippen molar-refractivity contribution in [3.05, 3.63) is 17.3 Å². The van der Waals surface area contributed by atoms with Crippen LogP contribution in [0.1, 0.15) is 44.4 Å². The fraction of sp³-hybridized carbons (Fsp3) is 0.667. The Bertz CT molecular complexity index is 644. The molecular formula is C18H28N4S. The summed E-state index contributed by atoms with van der Waals surface area (Å²) in [5.74, 6) is 1.14. The number of hydrogen-bond acceptors (Lipinski definition) is 5. The molecule has 1 aliphatic rings. The highest BCUT2D eigenvalue weighted by Crippen LogP contribution is 2.34. The first kappa shape index (κ1) is 16.7. The molecule has 0 saturated heterocycles. The van der Waals surface area contributed by atoms with E-state index in [4.69, 9.17) is 0 Å². The molecule has 1 saturated carbocycles. The summed E-state index contributed by atoms with van der Waals surface area (Å²) in [6, 6.07) is 3.64. The molecule has 4 nitrogen and oxygen atoms in total. The fourth-order valence-electron chi connectivity index (χ4n) is 3.76. The minimum atomic E-state index is 0.610. The Kier molecular flexibility index (Phi) is 5.17. The van der Waals surface area contributed by atoms with E-state index < -0.39 is 0 Å². The van der Waals surface area contributed by atoms with Crippen molar-refractivity contribution in [3.8, 4) is 0 Å². The van der Waals surface area contributed by atoms with Crippen LogP contribution >= 0.6 is 11.3 Å². The minimum Gasteiger partial charge on any atom is -0.353 e. The molecule has 0 radical (unpaired) electrons. The van der Waals surface area contributed by atoms with Crippen molar-refractivity contribution in [2.24, 2.45) is 0 Å². The van der Waals surface area contributed by atoms with Crippen molar-refractivity contribution in [2.45, 2.75) is 58.0 Å².